The first-order valence-corrected chi connectivity index (χ1v) is 10.8. The summed E-state index contributed by atoms with van der Waals surface area (Å²) in [5.41, 5.74) is 4.14. The zero-order chi connectivity index (χ0) is 22.1. The molecular formula is C26H26ClNO3. The van der Waals surface area contributed by atoms with Gasteiger partial charge in [-0.05, 0) is 66.6 Å². The third kappa shape index (κ3) is 6.97. The lowest BCUT2D eigenvalue weighted by molar-refractivity contribution is -0.115. The van der Waals surface area contributed by atoms with Gasteiger partial charge < -0.3 is 10.4 Å². The molecule has 0 aliphatic carbocycles. The van der Waals surface area contributed by atoms with Crippen molar-refractivity contribution in [2.24, 2.45) is 0 Å². The summed E-state index contributed by atoms with van der Waals surface area (Å²) in [6, 6.07) is 22.3. The van der Waals surface area contributed by atoms with Crippen LogP contribution in [-0.2, 0) is 24.1 Å². The highest BCUT2D eigenvalue weighted by atomic mass is 35.5. The molecule has 0 heterocycles. The molecule has 0 fully saturated rings. The van der Waals surface area contributed by atoms with Crippen molar-refractivity contribution in [3.63, 3.8) is 0 Å². The van der Waals surface area contributed by atoms with E-state index in [1.54, 1.807) is 24.3 Å². The van der Waals surface area contributed by atoms with Gasteiger partial charge in [0.25, 0.3) is 0 Å². The van der Waals surface area contributed by atoms with Gasteiger partial charge in [0, 0.05) is 10.7 Å². The Bertz CT molecular complexity index is 1030. The maximum Gasteiger partial charge on any atom is 0.335 e. The molecule has 160 valence electrons. The fourth-order valence-corrected chi connectivity index (χ4v) is 3.72. The molecule has 0 spiro atoms. The monoisotopic (exact) mass is 435 g/mol. The summed E-state index contributed by atoms with van der Waals surface area (Å²) in [4.78, 5) is 23.8. The quantitative estimate of drug-likeness (QED) is 0.374. The van der Waals surface area contributed by atoms with Crippen molar-refractivity contribution < 1.29 is 14.7 Å². The summed E-state index contributed by atoms with van der Waals surface area (Å²) in [6.07, 6.45) is 4.80. The molecule has 3 rings (SSSR count). The summed E-state index contributed by atoms with van der Waals surface area (Å²) in [5.74, 6) is -0.932. The van der Waals surface area contributed by atoms with Crippen LogP contribution in [0.25, 0.3) is 0 Å². The topological polar surface area (TPSA) is 66.4 Å². The highest BCUT2D eigenvalue weighted by Gasteiger charge is 2.10. The van der Waals surface area contributed by atoms with Gasteiger partial charge in [0.05, 0.1) is 12.0 Å². The molecule has 0 aromatic heterocycles. The van der Waals surface area contributed by atoms with E-state index in [0.717, 1.165) is 54.5 Å². The van der Waals surface area contributed by atoms with Crippen molar-refractivity contribution in [3.8, 4) is 0 Å². The molecule has 4 nitrogen and oxygen atoms in total. The van der Waals surface area contributed by atoms with Crippen LogP contribution >= 0.6 is 11.6 Å². The van der Waals surface area contributed by atoms with Crippen molar-refractivity contribution in [1.29, 1.82) is 0 Å². The smallest absolute Gasteiger partial charge is 0.335 e. The van der Waals surface area contributed by atoms with Crippen LogP contribution in [0.4, 0.5) is 5.69 Å². The molecule has 31 heavy (non-hydrogen) atoms. The number of anilines is 1. The minimum absolute atomic E-state index is 0.0555. The molecule has 0 aliphatic rings. The van der Waals surface area contributed by atoms with Crippen LogP contribution in [0.15, 0.2) is 72.8 Å². The molecule has 0 saturated heterocycles. The predicted octanol–water partition coefficient (Wildman–Crippen LogP) is 6.17. The second-order valence-electron chi connectivity index (χ2n) is 7.53. The molecule has 3 aromatic rings. The number of nitrogens with one attached hydrogen (secondary N) is 1. The standard InChI is InChI=1S/C26H26ClNO3/c27-22-16-14-19(15-17-22)18-25(29)28-24-13-7-5-11-21(24)10-3-1-2-8-20-9-4-6-12-23(20)26(30)31/h4-7,9,11-17H,1-3,8,10,18H2,(H,28,29)(H,30,31). The van der Waals surface area contributed by atoms with Crippen molar-refractivity contribution in [2.75, 3.05) is 5.32 Å². The maximum atomic E-state index is 12.4. The van der Waals surface area contributed by atoms with Gasteiger partial charge in [-0.1, -0.05) is 66.6 Å². The van der Waals surface area contributed by atoms with Crippen molar-refractivity contribution in [2.45, 2.75) is 38.5 Å². The Kier molecular flexibility index (Phi) is 8.25. The number of carboxylic acids is 1. The predicted molar refractivity (Wildman–Crippen MR) is 125 cm³/mol. The molecule has 5 heteroatoms. The van der Waals surface area contributed by atoms with Gasteiger partial charge in [0.2, 0.25) is 5.91 Å². The molecule has 0 atom stereocenters. The number of hydrogen-bond acceptors (Lipinski definition) is 2. The van der Waals surface area contributed by atoms with Gasteiger partial charge in [-0.2, -0.15) is 0 Å². The summed E-state index contributed by atoms with van der Waals surface area (Å²) in [6.45, 7) is 0. The first-order valence-electron chi connectivity index (χ1n) is 10.5. The normalized spacial score (nSPS) is 10.6. The Labute approximate surface area is 187 Å². The first kappa shape index (κ1) is 22.6. The molecule has 0 aliphatic heterocycles. The zero-order valence-corrected chi connectivity index (χ0v) is 18.1. The average Bonchev–Trinajstić information content (AvgIpc) is 2.76. The van der Waals surface area contributed by atoms with E-state index in [1.807, 2.05) is 48.5 Å². The van der Waals surface area contributed by atoms with E-state index in [0.29, 0.717) is 17.0 Å². The molecule has 2 N–H and O–H groups in total. The largest absolute Gasteiger partial charge is 0.478 e. The first-order chi connectivity index (χ1) is 15.0. The number of unbranched alkanes of at least 4 members (excludes halogenated alkanes) is 2. The molecule has 3 aromatic carbocycles. The molecule has 0 saturated carbocycles. The fourth-order valence-electron chi connectivity index (χ4n) is 3.60. The lowest BCUT2D eigenvalue weighted by Crippen LogP contribution is -2.15. The van der Waals surface area contributed by atoms with Crippen molar-refractivity contribution in [3.05, 3.63) is 100 Å². The zero-order valence-electron chi connectivity index (χ0n) is 17.3. The second kappa shape index (κ2) is 11.3. The number of carbonyl (C=O) groups excluding carboxylic acids is 1. The summed E-state index contributed by atoms with van der Waals surface area (Å²) in [5, 5.41) is 13.0. The highest BCUT2D eigenvalue weighted by Crippen LogP contribution is 2.20. The molecule has 0 bridgehead atoms. The number of hydrogen-bond donors (Lipinski definition) is 2. The van der Waals surface area contributed by atoms with E-state index >= 15 is 0 Å². The van der Waals surface area contributed by atoms with Gasteiger partial charge in [-0.3, -0.25) is 4.79 Å². The number of halogens is 1. The number of para-hydroxylation sites is 1. The number of benzene rings is 3. The van der Waals surface area contributed by atoms with Crippen LogP contribution in [0, 0.1) is 0 Å². The minimum atomic E-state index is -0.876. The van der Waals surface area contributed by atoms with Crippen molar-refractivity contribution >= 4 is 29.2 Å². The van der Waals surface area contributed by atoms with E-state index < -0.39 is 5.97 Å². The number of aryl methyl sites for hydroxylation is 2. The summed E-state index contributed by atoms with van der Waals surface area (Å²) >= 11 is 5.90. The molecule has 0 unspecified atom stereocenters. The highest BCUT2D eigenvalue weighted by molar-refractivity contribution is 6.30. The Morgan fingerprint density at radius 3 is 2.10 bits per heavy atom. The van der Waals surface area contributed by atoms with Crippen molar-refractivity contribution in [1.82, 2.24) is 0 Å². The van der Waals surface area contributed by atoms with E-state index in [9.17, 15) is 14.7 Å². The number of aromatic carboxylic acids is 1. The maximum absolute atomic E-state index is 12.4. The third-order valence-electron chi connectivity index (χ3n) is 5.21. The summed E-state index contributed by atoms with van der Waals surface area (Å²) in [7, 11) is 0. The third-order valence-corrected chi connectivity index (χ3v) is 5.46. The van der Waals surface area contributed by atoms with Gasteiger partial charge in [-0.25, -0.2) is 4.79 Å². The molecule has 1 amide bonds. The van der Waals surface area contributed by atoms with E-state index in [4.69, 9.17) is 11.6 Å². The van der Waals surface area contributed by atoms with Crippen LogP contribution in [0.2, 0.25) is 5.02 Å². The van der Waals surface area contributed by atoms with E-state index in [1.165, 1.54) is 0 Å². The van der Waals surface area contributed by atoms with Gasteiger partial charge in [0.15, 0.2) is 0 Å². The van der Waals surface area contributed by atoms with E-state index in [-0.39, 0.29) is 5.91 Å². The van der Waals surface area contributed by atoms with Crippen LogP contribution in [0.3, 0.4) is 0 Å². The average molecular weight is 436 g/mol. The molecular weight excluding hydrogens is 410 g/mol. The van der Waals surface area contributed by atoms with Crippen LogP contribution in [-0.4, -0.2) is 17.0 Å². The summed E-state index contributed by atoms with van der Waals surface area (Å²) < 4.78 is 0. The van der Waals surface area contributed by atoms with Gasteiger partial charge in [0.1, 0.15) is 0 Å². The van der Waals surface area contributed by atoms with Gasteiger partial charge >= 0.3 is 5.97 Å². The fraction of sp³-hybridized carbons (Fsp3) is 0.231. The van der Waals surface area contributed by atoms with Gasteiger partial charge in [-0.15, -0.1) is 0 Å². The lowest BCUT2D eigenvalue weighted by Gasteiger charge is -2.11. The Balaban J connectivity index is 1.49. The Morgan fingerprint density at radius 1 is 0.774 bits per heavy atom. The Morgan fingerprint density at radius 2 is 1.39 bits per heavy atom. The second-order valence-corrected chi connectivity index (χ2v) is 7.97. The lowest BCUT2D eigenvalue weighted by atomic mass is 9.99. The molecule has 0 radical (unpaired) electrons. The minimum Gasteiger partial charge on any atom is -0.478 e. The number of rotatable bonds is 10. The Hall–Kier alpha value is -3.11. The number of amides is 1. The van der Waals surface area contributed by atoms with E-state index in [2.05, 4.69) is 5.32 Å². The number of carboxylic acid groups (broad SMARTS) is 1. The SMILES string of the molecule is O=C(Cc1ccc(Cl)cc1)Nc1ccccc1CCCCCc1ccccc1C(=O)O. The van der Waals surface area contributed by atoms with Crippen LogP contribution in [0.1, 0.15) is 46.3 Å². The number of carbonyl (C=O) groups is 2. The van der Waals surface area contributed by atoms with Crippen LogP contribution < -0.4 is 5.32 Å². The van der Waals surface area contributed by atoms with Crippen LogP contribution in [0.5, 0.6) is 0 Å².